The molecule has 1 aliphatic heterocycles. The average Bonchev–Trinajstić information content (AvgIpc) is 1.93. The van der Waals surface area contributed by atoms with E-state index in [1.54, 1.807) is 11.8 Å². The lowest BCUT2D eigenvalue weighted by atomic mass is 10.2. The zero-order valence-electron chi connectivity index (χ0n) is 7.00. The summed E-state index contributed by atoms with van der Waals surface area (Å²) in [4.78, 5) is 0. The summed E-state index contributed by atoms with van der Waals surface area (Å²) in [6.45, 7) is 4.25. The Balaban J connectivity index is 2.61. The van der Waals surface area contributed by atoms with Gasteiger partial charge in [-0.3, -0.25) is 4.21 Å². The maximum absolute atomic E-state index is 11.4. The summed E-state index contributed by atoms with van der Waals surface area (Å²) in [7, 11) is -0.674. The van der Waals surface area contributed by atoms with E-state index in [2.05, 4.69) is 19.9 Å². The molecule has 0 aromatic rings. The van der Waals surface area contributed by atoms with Gasteiger partial charge in [0.05, 0.1) is 15.0 Å². The molecular weight excluding hydrogens is 176 g/mol. The number of hydrogen-bond donors (Lipinski definition) is 0. The lowest BCUT2D eigenvalue weighted by Crippen LogP contribution is -2.07. The van der Waals surface area contributed by atoms with Gasteiger partial charge in [-0.2, -0.15) is 0 Å². The van der Waals surface area contributed by atoms with Crippen LogP contribution in [0.2, 0.25) is 0 Å². The van der Waals surface area contributed by atoms with Gasteiger partial charge < -0.3 is 0 Å². The second-order valence-corrected chi connectivity index (χ2v) is 5.92. The number of thioether (sulfide) groups is 1. The smallest absolute Gasteiger partial charge is 0.0678 e. The summed E-state index contributed by atoms with van der Waals surface area (Å²) < 4.78 is 12.5. The highest BCUT2D eigenvalue weighted by atomic mass is 32.2. The van der Waals surface area contributed by atoms with Gasteiger partial charge in [0.15, 0.2) is 0 Å². The quantitative estimate of drug-likeness (QED) is 0.631. The molecule has 1 aliphatic rings. The van der Waals surface area contributed by atoms with Crippen LogP contribution in [-0.4, -0.2) is 15.7 Å². The predicted molar refractivity (Wildman–Crippen MR) is 53.0 cm³/mol. The molecule has 0 N–H and O–H groups in total. The Kier molecular flexibility index (Phi) is 3.66. The summed E-state index contributed by atoms with van der Waals surface area (Å²) in [5.74, 6) is 2.54. The van der Waals surface area contributed by atoms with Crippen LogP contribution in [0.4, 0.5) is 0 Å². The van der Waals surface area contributed by atoms with E-state index in [4.69, 9.17) is 0 Å². The molecule has 1 heterocycles. The summed E-state index contributed by atoms with van der Waals surface area (Å²) in [5.41, 5.74) is 0. The third kappa shape index (κ3) is 2.99. The first kappa shape index (κ1) is 9.33. The molecule has 0 aromatic heterocycles. The third-order valence-electron chi connectivity index (χ3n) is 1.41. The Morgan fingerprint density at radius 2 is 2.36 bits per heavy atom. The zero-order chi connectivity index (χ0) is 8.27. The van der Waals surface area contributed by atoms with Crippen LogP contribution in [-0.2, 0) is 10.8 Å². The van der Waals surface area contributed by atoms with E-state index in [-0.39, 0.29) is 0 Å². The molecular formula is C8H14OS2. The van der Waals surface area contributed by atoms with Crippen LogP contribution < -0.4 is 0 Å². The van der Waals surface area contributed by atoms with E-state index in [1.807, 2.05) is 0 Å². The van der Waals surface area contributed by atoms with Crippen LogP contribution in [0, 0.1) is 5.92 Å². The molecule has 1 nitrogen and oxygen atoms in total. The molecule has 1 saturated heterocycles. The van der Waals surface area contributed by atoms with Crippen molar-refractivity contribution in [1.29, 1.82) is 0 Å². The number of hydrogen-bond acceptors (Lipinski definition) is 2. The minimum Gasteiger partial charge on any atom is -0.254 e. The van der Waals surface area contributed by atoms with Crippen molar-refractivity contribution in [2.45, 2.75) is 20.3 Å². The lowest BCUT2D eigenvalue weighted by molar-refractivity contribution is 0.685. The van der Waals surface area contributed by atoms with Gasteiger partial charge in [0.25, 0.3) is 0 Å². The third-order valence-corrected chi connectivity index (χ3v) is 4.48. The Labute approximate surface area is 75.1 Å². The van der Waals surface area contributed by atoms with E-state index >= 15 is 0 Å². The predicted octanol–water partition coefficient (Wildman–Crippen LogP) is 2.37. The molecule has 0 spiro atoms. The first-order valence-corrected chi connectivity index (χ1v) is 6.23. The molecule has 11 heavy (non-hydrogen) atoms. The summed E-state index contributed by atoms with van der Waals surface area (Å²) in [5, 5.41) is 0. The minimum absolute atomic E-state index is 0.527. The highest BCUT2D eigenvalue weighted by Crippen LogP contribution is 2.27. The van der Waals surface area contributed by atoms with Crippen molar-refractivity contribution in [3.8, 4) is 0 Å². The standard InChI is InChI=1S/C8H14OS2/c1-7(2)6-8-10-4-3-5-11(8)9/h6-7H,3-5H2,1-2H3/b8-6-. The van der Waals surface area contributed by atoms with Crippen molar-refractivity contribution in [2.24, 2.45) is 5.92 Å². The van der Waals surface area contributed by atoms with Crippen molar-refractivity contribution < 1.29 is 4.21 Å². The molecule has 1 atom stereocenters. The maximum Gasteiger partial charge on any atom is 0.0678 e. The average molecular weight is 190 g/mol. The van der Waals surface area contributed by atoms with E-state index in [0.29, 0.717) is 5.92 Å². The first-order chi connectivity index (χ1) is 5.20. The minimum atomic E-state index is -0.674. The fraction of sp³-hybridized carbons (Fsp3) is 0.750. The number of rotatable bonds is 1. The van der Waals surface area contributed by atoms with Crippen molar-refractivity contribution >= 4 is 22.6 Å². The summed E-state index contributed by atoms with van der Waals surface area (Å²) in [6, 6.07) is 0. The van der Waals surface area contributed by atoms with Gasteiger partial charge in [0.1, 0.15) is 0 Å². The molecule has 0 bridgehead atoms. The molecule has 3 heteroatoms. The lowest BCUT2D eigenvalue weighted by Gasteiger charge is -2.13. The number of allylic oxidation sites excluding steroid dienone is 1. The highest BCUT2D eigenvalue weighted by molar-refractivity contribution is 8.17. The van der Waals surface area contributed by atoms with E-state index in [0.717, 1.165) is 22.2 Å². The van der Waals surface area contributed by atoms with Crippen LogP contribution in [0.1, 0.15) is 20.3 Å². The van der Waals surface area contributed by atoms with Gasteiger partial charge >= 0.3 is 0 Å². The van der Waals surface area contributed by atoms with Crippen LogP contribution in [0.25, 0.3) is 0 Å². The Morgan fingerprint density at radius 3 is 2.91 bits per heavy atom. The molecule has 0 radical (unpaired) electrons. The van der Waals surface area contributed by atoms with Crippen molar-refractivity contribution in [2.75, 3.05) is 11.5 Å². The van der Waals surface area contributed by atoms with Gasteiger partial charge in [-0.1, -0.05) is 19.9 Å². The van der Waals surface area contributed by atoms with Crippen LogP contribution in [0.5, 0.6) is 0 Å². The largest absolute Gasteiger partial charge is 0.254 e. The summed E-state index contributed by atoms with van der Waals surface area (Å²) >= 11 is 1.76. The van der Waals surface area contributed by atoms with E-state index < -0.39 is 10.8 Å². The molecule has 1 rings (SSSR count). The fourth-order valence-electron chi connectivity index (χ4n) is 0.925. The second-order valence-electron chi connectivity index (χ2n) is 2.98. The Hall–Kier alpha value is 0.240. The Morgan fingerprint density at radius 1 is 1.64 bits per heavy atom. The highest BCUT2D eigenvalue weighted by Gasteiger charge is 2.13. The van der Waals surface area contributed by atoms with E-state index in [9.17, 15) is 4.21 Å². The molecule has 0 amide bonds. The van der Waals surface area contributed by atoms with Gasteiger partial charge in [0, 0.05) is 5.75 Å². The van der Waals surface area contributed by atoms with Gasteiger partial charge in [-0.05, 0) is 18.1 Å². The maximum atomic E-state index is 11.4. The molecule has 64 valence electrons. The van der Waals surface area contributed by atoms with Crippen LogP contribution in [0.3, 0.4) is 0 Å². The summed E-state index contributed by atoms with van der Waals surface area (Å²) in [6.07, 6.45) is 3.23. The first-order valence-electron chi connectivity index (χ1n) is 3.93. The molecule has 1 unspecified atom stereocenters. The van der Waals surface area contributed by atoms with Gasteiger partial charge in [-0.15, -0.1) is 11.8 Å². The van der Waals surface area contributed by atoms with Gasteiger partial charge in [-0.25, -0.2) is 0 Å². The van der Waals surface area contributed by atoms with Crippen molar-refractivity contribution in [1.82, 2.24) is 0 Å². The monoisotopic (exact) mass is 190 g/mol. The SMILES string of the molecule is CC(C)/C=C1/SCCCS1=O. The molecule has 1 fully saturated rings. The van der Waals surface area contributed by atoms with Crippen molar-refractivity contribution in [3.63, 3.8) is 0 Å². The zero-order valence-corrected chi connectivity index (χ0v) is 8.63. The molecule has 0 aromatic carbocycles. The van der Waals surface area contributed by atoms with Crippen LogP contribution in [0.15, 0.2) is 10.3 Å². The topological polar surface area (TPSA) is 17.1 Å². The second kappa shape index (κ2) is 4.31. The van der Waals surface area contributed by atoms with Crippen LogP contribution >= 0.6 is 11.8 Å². The molecule has 0 saturated carbocycles. The van der Waals surface area contributed by atoms with Crippen molar-refractivity contribution in [3.05, 3.63) is 10.3 Å². The van der Waals surface area contributed by atoms with Gasteiger partial charge in [0.2, 0.25) is 0 Å². The normalized spacial score (nSPS) is 29.7. The fourth-order valence-corrected chi connectivity index (χ4v) is 4.02. The molecule has 0 aliphatic carbocycles. The Bertz CT molecular complexity index is 185. The van der Waals surface area contributed by atoms with E-state index in [1.165, 1.54) is 0 Å².